The van der Waals surface area contributed by atoms with Crippen LogP contribution in [0, 0.1) is 0 Å². The molecule has 2 aromatic heterocycles. The molecule has 1 amide bonds. The van der Waals surface area contributed by atoms with Gasteiger partial charge in [-0.2, -0.15) is 0 Å². The summed E-state index contributed by atoms with van der Waals surface area (Å²) in [6, 6.07) is 28.9. The number of amides is 1. The first-order valence-electron chi connectivity index (χ1n) is 11.3. The predicted molar refractivity (Wildman–Crippen MR) is 137 cm³/mol. The van der Waals surface area contributed by atoms with Crippen LogP contribution < -0.4 is 10.1 Å². The Hall–Kier alpha value is -5.04. The van der Waals surface area contributed by atoms with Gasteiger partial charge in [0.15, 0.2) is 12.4 Å². The van der Waals surface area contributed by atoms with Gasteiger partial charge in [0.1, 0.15) is 5.75 Å². The van der Waals surface area contributed by atoms with Crippen LogP contribution in [0.4, 0.5) is 5.69 Å². The van der Waals surface area contributed by atoms with Crippen molar-refractivity contribution in [2.24, 2.45) is 0 Å². The minimum atomic E-state index is -0.618. The van der Waals surface area contributed by atoms with E-state index in [1.807, 2.05) is 66.7 Å². The van der Waals surface area contributed by atoms with Gasteiger partial charge >= 0.3 is 5.97 Å². The molecule has 0 radical (unpaired) electrons. The van der Waals surface area contributed by atoms with Crippen LogP contribution in [-0.4, -0.2) is 28.5 Å². The van der Waals surface area contributed by atoms with Gasteiger partial charge < -0.3 is 14.8 Å². The Morgan fingerprint density at radius 3 is 2.36 bits per heavy atom. The molecule has 5 aromatic rings. The smallest absolute Gasteiger partial charge is 0.339 e. The summed E-state index contributed by atoms with van der Waals surface area (Å²) < 4.78 is 11.3. The predicted octanol–water partition coefficient (Wildman–Crippen LogP) is 5.88. The van der Waals surface area contributed by atoms with Crippen molar-refractivity contribution < 1.29 is 19.1 Å². The number of rotatable bonds is 7. The molecule has 176 valence electrons. The Kier molecular flexibility index (Phi) is 6.62. The summed E-state index contributed by atoms with van der Waals surface area (Å²) in [7, 11) is 0. The van der Waals surface area contributed by atoms with Gasteiger partial charge in [0, 0.05) is 23.3 Å². The number of hydrogen-bond donors (Lipinski definition) is 1. The van der Waals surface area contributed by atoms with E-state index in [1.165, 1.54) is 0 Å². The lowest BCUT2D eigenvalue weighted by atomic mass is 10.0. The van der Waals surface area contributed by atoms with Crippen molar-refractivity contribution in [2.75, 3.05) is 11.9 Å². The molecule has 0 unspecified atom stereocenters. The zero-order chi connectivity index (χ0) is 24.7. The largest absolute Gasteiger partial charge is 0.455 e. The summed E-state index contributed by atoms with van der Waals surface area (Å²) in [5, 5.41) is 3.39. The molecule has 0 aliphatic carbocycles. The summed E-state index contributed by atoms with van der Waals surface area (Å²) in [5.74, 6) is 0.0127. The zero-order valence-electron chi connectivity index (χ0n) is 19.1. The highest BCUT2D eigenvalue weighted by molar-refractivity contribution is 6.05. The second-order valence-electron chi connectivity index (χ2n) is 7.84. The summed E-state index contributed by atoms with van der Waals surface area (Å²) in [6.07, 6.45) is 3.32. The van der Waals surface area contributed by atoms with Gasteiger partial charge in [0.2, 0.25) is 0 Å². The van der Waals surface area contributed by atoms with Gasteiger partial charge in [-0.15, -0.1) is 0 Å². The second kappa shape index (κ2) is 10.5. The third kappa shape index (κ3) is 5.20. The maximum atomic E-state index is 13.0. The molecule has 0 bridgehead atoms. The molecule has 0 spiro atoms. The first-order valence-corrected chi connectivity index (χ1v) is 11.3. The van der Waals surface area contributed by atoms with Crippen molar-refractivity contribution in [3.05, 3.63) is 115 Å². The van der Waals surface area contributed by atoms with E-state index in [0.717, 1.165) is 5.56 Å². The Balaban J connectivity index is 1.31. The van der Waals surface area contributed by atoms with E-state index in [9.17, 15) is 9.59 Å². The Morgan fingerprint density at radius 1 is 0.806 bits per heavy atom. The van der Waals surface area contributed by atoms with Crippen LogP contribution in [0.3, 0.4) is 0 Å². The number of esters is 1. The lowest BCUT2D eigenvalue weighted by molar-refractivity contribution is -0.119. The van der Waals surface area contributed by atoms with Gasteiger partial charge in [-0.1, -0.05) is 48.5 Å². The molecule has 2 heterocycles. The van der Waals surface area contributed by atoms with Gasteiger partial charge in [-0.05, 0) is 48.5 Å². The van der Waals surface area contributed by atoms with Crippen molar-refractivity contribution in [1.82, 2.24) is 9.97 Å². The zero-order valence-corrected chi connectivity index (χ0v) is 19.1. The lowest BCUT2D eigenvalue weighted by Gasteiger charge is -2.13. The van der Waals surface area contributed by atoms with Crippen LogP contribution in [-0.2, 0) is 9.53 Å². The van der Waals surface area contributed by atoms with Gasteiger partial charge in [0.05, 0.1) is 22.5 Å². The van der Waals surface area contributed by atoms with Crippen molar-refractivity contribution in [1.29, 1.82) is 0 Å². The van der Waals surface area contributed by atoms with Crippen LogP contribution in [0.15, 0.2) is 109 Å². The summed E-state index contributed by atoms with van der Waals surface area (Å²) in [4.78, 5) is 34.4. The highest BCUT2D eigenvalue weighted by atomic mass is 16.5. The molecule has 0 aliphatic heterocycles. The first kappa shape index (κ1) is 22.7. The molecule has 0 saturated heterocycles. The molecule has 0 atom stereocenters. The van der Waals surface area contributed by atoms with Gasteiger partial charge in [-0.3, -0.25) is 9.78 Å². The summed E-state index contributed by atoms with van der Waals surface area (Å²) in [6.45, 7) is -0.459. The van der Waals surface area contributed by atoms with Gasteiger partial charge in [0.25, 0.3) is 5.91 Å². The average molecular weight is 476 g/mol. The van der Waals surface area contributed by atoms with E-state index in [2.05, 4.69) is 15.3 Å². The normalized spacial score (nSPS) is 10.6. The number of fused-ring (bicyclic) bond motifs is 1. The number of benzene rings is 3. The number of aromatic nitrogens is 2. The number of carbonyl (C=O) groups is 2. The molecule has 0 fully saturated rings. The molecular weight excluding hydrogens is 454 g/mol. The third-order valence-corrected chi connectivity index (χ3v) is 5.38. The minimum absolute atomic E-state index is 0.327. The molecule has 5 rings (SSSR count). The number of nitrogens with one attached hydrogen (secondary N) is 1. The fourth-order valence-corrected chi connectivity index (χ4v) is 3.68. The Morgan fingerprint density at radius 2 is 1.53 bits per heavy atom. The standard InChI is InChI=1S/C29H21N3O4/c33-28(32-25-12-6-7-13-27(25)36-21-8-2-1-3-9-21)19-35-29(34)23-18-26(20-14-16-30-17-15-20)31-24-11-5-4-10-22(23)24/h1-18H,19H2,(H,32,33). The molecule has 36 heavy (non-hydrogen) atoms. The number of nitrogens with zero attached hydrogens (tertiary/aromatic N) is 2. The third-order valence-electron chi connectivity index (χ3n) is 5.38. The SMILES string of the molecule is O=C(COC(=O)c1cc(-c2ccncc2)nc2ccccc12)Nc1ccccc1Oc1ccccc1. The second-order valence-corrected chi connectivity index (χ2v) is 7.84. The molecule has 1 N–H and O–H groups in total. The Bertz CT molecular complexity index is 1520. The Labute approximate surface area is 207 Å². The fraction of sp³-hybridized carbons (Fsp3) is 0.0345. The maximum absolute atomic E-state index is 13.0. The fourth-order valence-electron chi connectivity index (χ4n) is 3.68. The molecule has 3 aromatic carbocycles. The number of pyridine rings is 2. The highest BCUT2D eigenvalue weighted by Crippen LogP contribution is 2.29. The molecule has 7 heteroatoms. The molecule has 0 saturated carbocycles. The maximum Gasteiger partial charge on any atom is 0.339 e. The van der Waals surface area contributed by atoms with Crippen molar-refractivity contribution in [3.8, 4) is 22.8 Å². The molecule has 0 aliphatic rings. The number of hydrogen-bond acceptors (Lipinski definition) is 6. The number of carbonyl (C=O) groups excluding carboxylic acids is 2. The van der Waals surface area contributed by atoms with Crippen molar-refractivity contribution in [2.45, 2.75) is 0 Å². The van der Waals surface area contributed by atoms with Crippen LogP contribution in [0.1, 0.15) is 10.4 Å². The average Bonchev–Trinajstić information content (AvgIpc) is 2.93. The van der Waals surface area contributed by atoms with E-state index in [-0.39, 0.29) is 0 Å². The summed E-state index contributed by atoms with van der Waals surface area (Å²) in [5.41, 5.74) is 2.87. The monoisotopic (exact) mass is 475 g/mol. The van der Waals surface area contributed by atoms with Crippen LogP contribution in [0.25, 0.3) is 22.2 Å². The van der Waals surface area contributed by atoms with E-state index in [1.54, 1.807) is 42.7 Å². The number of ether oxygens (including phenoxy) is 2. The highest BCUT2D eigenvalue weighted by Gasteiger charge is 2.17. The number of anilines is 1. The topological polar surface area (TPSA) is 90.4 Å². The van der Waals surface area contributed by atoms with E-state index < -0.39 is 18.5 Å². The lowest BCUT2D eigenvalue weighted by Crippen LogP contribution is -2.21. The van der Waals surface area contributed by atoms with Crippen LogP contribution >= 0.6 is 0 Å². The number of para-hydroxylation sites is 4. The quantitative estimate of drug-likeness (QED) is 0.296. The minimum Gasteiger partial charge on any atom is -0.455 e. The van der Waals surface area contributed by atoms with Crippen LogP contribution in [0.5, 0.6) is 11.5 Å². The van der Waals surface area contributed by atoms with Crippen molar-refractivity contribution in [3.63, 3.8) is 0 Å². The van der Waals surface area contributed by atoms with Crippen LogP contribution in [0.2, 0.25) is 0 Å². The van der Waals surface area contributed by atoms with E-state index >= 15 is 0 Å². The van der Waals surface area contributed by atoms with E-state index in [4.69, 9.17) is 9.47 Å². The first-order chi connectivity index (χ1) is 17.7. The van der Waals surface area contributed by atoms with Gasteiger partial charge in [-0.25, -0.2) is 9.78 Å². The molecular formula is C29H21N3O4. The molecule has 7 nitrogen and oxygen atoms in total. The summed E-state index contributed by atoms with van der Waals surface area (Å²) >= 11 is 0. The van der Waals surface area contributed by atoms with E-state index in [0.29, 0.717) is 39.3 Å². The van der Waals surface area contributed by atoms with Crippen molar-refractivity contribution >= 4 is 28.5 Å².